The van der Waals surface area contributed by atoms with E-state index in [-0.39, 0.29) is 12.3 Å². The normalized spacial score (nSPS) is 15.6. The van der Waals surface area contributed by atoms with Gasteiger partial charge in [-0.25, -0.2) is 0 Å². The second kappa shape index (κ2) is 3.12. The fraction of sp³-hybridized carbons (Fsp3) is 0.286. The van der Waals surface area contributed by atoms with Gasteiger partial charge in [0, 0.05) is 14.3 Å². The van der Waals surface area contributed by atoms with Crippen molar-refractivity contribution >= 4 is 15.9 Å². The number of hydrogen-bond donors (Lipinski definition) is 1. The summed E-state index contributed by atoms with van der Waals surface area (Å²) in [6.07, 6.45) is 0. The third-order valence-electron chi connectivity index (χ3n) is 1.07. The van der Waals surface area contributed by atoms with Gasteiger partial charge in [0.05, 0.1) is 12.3 Å². The van der Waals surface area contributed by atoms with E-state index in [1.807, 2.05) is 0 Å². The maximum absolute atomic E-state index is 8.83. The minimum atomic E-state index is -2.22. The van der Waals surface area contributed by atoms with Crippen LogP contribution in [-0.4, -0.2) is 10.1 Å². The molecule has 0 aliphatic heterocycles. The van der Waals surface area contributed by atoms with Crippen LogP contribution in [0.3, 0.4) is 0 Å². The van der Waals surface area contributed by atoms with Crippen LogP contribution in [0.2, 0.25) is 0 Å². The molecular weight excluding hydrogens is 194 g/mol. The third kappa shape index (κ3) is 1.55. The smallest absolute Gasteiger partial charge is 0.0864 e. The lowest BCUT2D eigenvalue weighted by molar-refractivity contribution is 0.276. The first-order valence-corrected chi connectivity index (χ1v) is 3.51. The number of pyridine rings is 1. The molecule has 2 nitrogen and oxygen atoms in total. The molecule has 0 atom stereocenters. The van der Waals surface area contributed by atoms with E-state index >= 15 is 0 Å². The van der Waals surface area contributed by atoms with Gasteiger partial charge in [-0.1, -0.05) is 0 Å². The molecule has 3 heteroatoms. The van der Waals surface area contributed by atoms with Gasteiger partial charge in [0.2, 0.25) is 0 Å². The lowest BCUT2D eigenvalue weighted by Gasteiger charge is -1.99. The van der Waals surface area contributed by atoms with Crippen molar-refractivity contribution in [2.45, 2.75) is 13.5 Å². The molecule has 1 aromatic heterocycles. The molecule has 0 spiro atoms. The highest BCUT2D eigenvalue weighted by molar-refractivity contribution is 9.10. The molecule has 54 valence electrons. The molecule has 1 N–H and O–H groups in total. The SMILES string of the molecule is [2H]C([2H])([2H])c1ccc(Br)c(CO)n1. The van der Waals surface area contributed by atoms with Crippen molar-refractivity contribution in [2.75, 3.05) is 0 Å². The number of nitrogens with zero attached hydrogens (tertiary/aromatic N) is 1. The zero-order valence-electron chi connectivity index (χ0n) is 8.13. The van der Waals surface area contributed by atoms with Crippen LogP contribution < -0.4 is 0 Å². The summed E-state index contributed by atoms with van der Waals surface area (Å²) in [6, 6.07) is 2.98. The van der Waals surface area contributed by atoms with Crippen LogP contribution in [0.15, 0.2) is 16.6 Å². The molecule has 0 aliphatic rings. The quantitative estimate of drug-likeness (QED) is 0.755. The van der Waals surface area contributed by atoms with Crippen LogP contribution in [0.25, 0.3) is 0 Å². The summed E-state index contributed by atoms with van der Waals surface area (Å²) in [5.41, 5.74) is 0.341. The van der Waals surface area contributed by atoms with E-state index in [4.69, 9.17) is 9.22 Å². The molecule has 0 saturated heterocycles. The van der Waals surface area contributed by atoms with Gasteiger partial charge in [0.15, 0.2) is 0 Å². The first kappa shape index (κ1) is 4.46. The Hall–Kier alpha value is -0.410. The van der Waals surface area contributed by atoms with E-state index < -0.39 is 6.85 Å². The molecule has 0 amide bonds. The second-order valence-electron chi connectivity index (χ2n) is 1.78. The van der Waals surface area contributed by atoms with Gasteiger partial charge in [-0.2, -0.15) is 0 Å². The van der Waals surface area contributed by atoms with Crippen LogP contribution in [0.5, 0.6) is 0 Å². The number of aliphatic hydroxyl groups excluding tert-OH is 1. The van der Waals surface area contributed by atoms with E-state index in [9.17, 15) is 0 Å². The van der Waals surface area contributed by atoms with Crippen molar-refractivity contribution in [1.29, 1.82) is 0 Å². The highest BCUT2D eigenvalue weighted by Gasteiger charge is 1.97. The number of aromatic nitrogens is 1. The summed E-state index contributed by atoms with van der Waals surface area (Å²) in [5.74, 6) is 0. The zero-order chi connectivity index (χ0) is 10.1. The van der Waals surface area contributed by atoms with E-state index in [2.05, 4.69) is 20.9 Å². The topological polar surface area (TPSA) is 33.1 Å². The van der Waals surface area contributed by atoms with Crippen LogP contribution in [-0.2, 0) is 6.61 Å². The summed E-state index contributed by atoms with van der Waals surface area (Å²) in [5, 5.41) is 8.83. The summed E-state index contributed by atoms with van der Waals surface area (Å²) < 4.78 is 21.9. The molecule has 1 heterocycles. The van der Waals surface area contributed by atoms with Gasteiger partial charge in [-0.15, -0.1) is 0 Å². The summed E-state index contributed by atoms with van der Waals surface area (Å²) in [6.45, 7) is -2.49. The van der Waals surface area contributed by atoms with Gasteiger partial charge in [0.25, 0.3) is 0 Å². The van der Waals surface area contributed by atoms with E-state index in [0.717, 1.165) is 0 Å². The predicted molar refractivity (Wildman–Crippen MR) is 42.6 cm³/mol. The van der Waals surface area contributed by atoms with Crippen molar-refractivity contribution in [3.63, 3.8) is 0 Å². The maximum Gasteiger partial charge on any atom is 0.0864 e. The van der Waals surface area contributed by atoms with Crippen LogP contribution in [0.4, 0.5) is 0 Å². The summed E-state index contributed by atoms with van der Waals surface area (Å²) in [7, 11) is 0. The third-order valence-corrected chi connectivity index (χ3v) is 1.79. The second-order valence-corrected chi connectivity index (χ2v) is 2.64. The highest BCUT2D eigenvalue weighted by atomic mass is 79.9. The molecule has 10 heavy (non-hydrogen) atoms. The Morgan fingerprint density at radius 1 is 1.80 bits per heavy atom. The first-order valence-electron chi connectivity index (χ1n) is 4.22. The molecule has 0 aromatic carbocycles. The number of aryl methyl sites for hydroxylation is 1. The van der Waals surface area contributed by atoms with Crippen LogP contribution >= 0.6 is 15.9 Å². The molecule has 1 aromatic rings. The zero-order valence-corrected chi connectivity index (χ0v) is 6.72. The predicted octanol–water partition coefficient (Wildman–Crippen LogP) is 1.64. The maximum atomic E-state index is 8.83. The van der Waals surface area contributed by atoms with Crippen molar-refractivity contribution < 1.29 is 9.22 Å². The molecular formula is C7H8BrNO. The van der Waals surface area contributed by atoms with Crippen molar-refractivity contribution in [2.24, 2.45) is 0 Å². The minimum absolute atomic E-state index is 0.000231. The van der Waals surface area contributed by atoms with Crippen molar-refractivity contribution in [1.82, 2.24) is 4.98 Å². The Labute approximate surface area is 72.3 Å². The lowest BCUT2D eigenvalue weighted by Crippen LogP contribution is -1.92. The fourth-order valence-electron chi connectivity index (χ4n) is 0.595. The molecule has 1 rings (SSSR count). The monoisotopic (exact) mass is 204 g/mol. The molecule has 0 saturated carbocycles. The number of halogens is 1. The Bertz CT molecular complexity index is 313. The van der Waals surface area contributed by atoms with E-state index in [0.29, 0.717) is 10.2 Å². The van der Waals surface area contributed by atoms with Gasteiger partial charge in [-0.05, 0) is 34.9 Å². The standard InChI is InChI=1S/C7H8BrNO/c1-5-2-3-6(8)7(4-10)9-5/h2-3,10H,4H2,1H3/i1D3. The minimum Gasteiger partial charge on any atom is -0.390 e. The van der Waals surface area contributed by atoms with Crippen LogP contribution in [0.1, 0.15) is 15.5 Å². The largest absolute Gasteiger partial charge is 0.390 e. The molecule has 0 unspecified atom stereocenters. The average Bonchev–Trinajstić information content (AvgIpc) is 2.03. The first-order chi connectivity index (χ1) is 5.95. The van der Waals surface area contributed by atoms with Crippen LogP contribution in [0, 0.1) is 6.85 Å². The van der Waals surface area contributed by atoms with E-state index in [1.54, 1.807) is 6.07 Å². The summed E-state index contributed by atoms with van der Waals surface area (Å²) >= 11 is 3.15. The Balaban J connectivity index is 3.14. The number of rotatable bonds is 1. The average molecular weight is 205 g/mol. The fourth-order valence-corrected chi connectivity index (χ4v) is 0.941. The molecule has 0 bridgehead atoms. The molecule has 0 aliphatic carbocycles. The van der Waals surface area contributed by atoms with Gasteiger partial charge < -0.3 is 5.11 Å². The number of hydrogen-bond acceptors (Lipinski definition) is 2. The number of aliphatic hydroxyl groups is 1. The van der Waals surface area contributed by atoms with Crippen molar-refractivity contribution in [3.8, 4) is 0 Å². The summed E-state index contributed by atoms with van der Waals surface area (Å²) in [4.78, 5) is 3.80. The highest BCUT2D eigenvalue weighted by Crippen LogP contribution is 2.14. The Morgan fingerprint density at radius 2 is 2.60 bits per heavy atom. The van der Waals surface area contributed by atoms with Gasteiger partial charge >= 0.3 is 0 Å². The van der Waals surface area contributed by atoms with Crippen molar-refractivity contribution in [3.05, 3.63) is 28.0 Å². The molecule has 0 radical (unpaired) electrons. The Morgan fingerprint density at radius 3 is 3.20 bits per heavy atom. The van der Waals surface area contributed by atoms with E-state index in [1.165, 1.54) is 6.07 Å². The Kier molecular flexibility index (Phi) is 1.39. The van der Waals surface area contributed by atoms with Gasteiger partial charge in [-0.3, -0.25) is 4.98 Å². The van der Waals surface area contributed by atoms with Gasteiger partial charge in [0.1, 0.15) is 0 Å². The molecule has 0 fully saturated rings. The lowest BCUT2D eigenvalue weighted by atomic mass is 10.3.